The molecule has 0 radical (unpaired) electrons. The van der Waals surface area contributed by atoms with E-state index < -0.39 is 5.91 Å². The molecule has 0 spiro atoms. The lowest BCUT2D eigenvalue weighted by Gasteiger charge is -2.05. The van der Waals surface area contributed by atoms with Crippen molar-refractivity contribution in [1.29, 1.82) is 0 Å². The predicted molar refractivity (Wildman–Crippen MR) is 120 cm³/mol. The van der Waals surface area contributed by atoms with Gasteiger partial charge < -0.3 is 0 Å². The third-order valence-corrected chi connectivity index (χ3v) is 5.18. The zero-order chi connectivity index (χ0) is 21.1. The van der Waals surface area contributed by atoms with E-state index in [1.807, 2.05) is 36.4 Å². The molecule has 4 rings (SSSR count). The average Bonchev–Trinajstić information content (AvgIpc) is 3.19. The summed E-state index contributed by atoms with van der Waals surface area (Å²) in [4.78, 5) is 16.6. The summed E-state index contributed by atoms with van der Waals surface area (Å²) in [5, 5.41) is 10.5. The molecule has 0 aliphatic rings. The number of carbonyl (C=O) groups is 1. The fourth-order valence-corrected chi connectivity index (χ4v) is 3.47. The number of para-hydroxylation sites is 1. The van der Waals surface area contributed by atoms with Gasteiger partial charge in [-0.25, -0.2) is 10.4 Å². The highest BCUT2D eigenvalue weighted by molar-refractivity contribution is 6.35. The Balaban J connectivity index is 1.43. The number of fused-ring (bicyclic) bond motifs is 1. The van der Waals surface area contributed by atoms with Gasteiger partial charge in [-0.3, -0.25) is 9.48 Å². The van der Waals surface area contributed by atoms with Crippen molar-refractivity contribution in [2.45, 2.75) is 6.54 Å². The molecule has 150 valence electrons. The average molecular weight is 459 g/mol. The number of pyridine rings is 1. The van der Waals surface area contributed by atoms with E-state index in [2.05, 4.69) is 20.6 Å². The largest absolute Gasteiger partial charge is 0.291 e. The lowest BCUT2D eigenvalue weighted by Crippen LogP contribution is -2.18. The lowest BCUT2D eigenvalue weighted by atomic mass is 10.2. The molecule has 0 aliphatic carbocycles. The molecule has 0 unspecified atom stereocenters. The van der Waals surface area contributed by atoms with Crippen LogP contribution < -0.4 is 5.43 Å². The summed E-state index contributed by atoms with van der Waals surface area (Å²) >= 11 is 18.3. The van der Waals surface area contributed by atoms with Gasteiger partial charge in [0, 0.05) is 27.2 Å². The smallest absolute Gasteiger partial charge is 0.267 e. The molecule has 2 aromatic carbocycles. The number of hydrogen-bond acceptors (Lipinski definition) is 4. The fraction of sp³-hybridized carbons (Fsp3) is 0.0476. The van der Waals surface area contributed by atoms with Crippen LogP contribution in [0, 0.1) is 0 Å². The summed E-state index contributed by atoms with van der Waals surface area (Å²) in [6.45, 7) is 0.408. The van der Waals surface area contributed by atoms with E-state index >= 15 is 0 Å². The molecule has 1 N–H and O–H groups in total. The molecule has 0 saturated heterocycles. The Bertz CT molecular complexity index is 1270. The summed E-state index contributed by atoms with van der Waals surface area (Å²) in [7, 11) is 0. The second-order valence-corrected chi connectivity index (χ2v) is 7.60. The Morgan fingerprint density at radius 3 is 2.77 bits per heavy atom. The summed E-state index contributed by atoms with van der Waals surface area (Å²) in [5.41, 5.74) is 4.89. The van der Waals surface area contributed by atoms with Crippen LogP contribution in [-0.2, 0) is 6.54 Å². The van der Waals surface area contributed by atoms with Crippen molar-refractivity contribution in [3.05, 3.63) is 92.8 Å². The molecule has 6 nitrogen and oxygen atoms in total. The quantitative estimate of drug-likeness (QED) is 0.254. The van der Waals surface area contributed by atoms with Gasteiger partial charge in [0.05, 0.1) is 18.3 Å². The number of benzene rings is 2. The molecule has 2 aromatic heterocycles. The van der Waals surface area contributed by atoms with Crippen molar-refractivity contribution in [2.75, 3.05) is 0 Å². The molecule has 0 fully saturated rings. The standard InChI is InChI=1S/C21H14Cl3N5O/c22-16-6-5-14(17(23)10-16)12-29-8-7-19(28-29)21(30)27-25-11-15-9-13-3-1-2-4-18(13)26-20(15)24/h1-11H,12H2,(H,27,30)/b25-11+. The van der Waals surface area contributed by atoms with Crippen molar-refractivity contribution < 1.29 is 4.79 Å². The molecule has 30 heavy (non-hydrogen) atoms. The maximum Gasteiger partial charge on any atom is 0.291 e. The highest BCUT2D eigenvalue weighted by Gasteiger charge is 2.10. The van der Waals surface area contributed by atoms with E-state index in [1.165, 1.54) is 6.21 Å². The highest BCUT2D eigenvalue weighted by Crippen LogP contribution is 2.22. The van der Waals surface area contributed by atoms with E-state index in [0.717, 1.165) is 16.5 Å². The van der Waals surface area contributed by atoms with Gasteiger partial charge >= 0.3 is 0 Å². The predicted octanol–water partition coefficient (Wildman–Crippen LogP) is 5.20. The minimum absolute atomic E-state index is 0.222. The maximum atomic E-state index is 12.3. The normalized spacial score (nSPS) is 11.3. The van der Waals surface area contributed by atoms with Crippen molar-refractivity contribution in [1.82, 2.24) is 20.2 Å². The van der Waals surface area contributed by atoms with Gasteiger partial charge in [-0.1, -0.05) is 59.1 Å². The molecule has 0 saturated carbocycles. The summed E-state index contributed by atoms with van der Waals surface area (Å²) in [5.74, 6) is -0.447. The monoisotopic (exact) mass is 457 g/mol. The molecular weight excluding hydrogens is 445 g/mol. The van der Waals surface area contributed by atoms with Gasteiger partial charge in [-0.05, 0) is 35.9 Å². The first-order valence-corrected chi connectivity index (χ1v) is 9.99. The van der Waals surface area contributed by atoms with Crippen LogP contribution in [0.4, 0.5) is 0 Å². The second-order valence-electron chi connectivity index (χ2n) is 6.39. The van der Waals surface area contributed by atoms with Crippen LogP contribution >= 0.6 is 34.8 Å². The third kappa shape index (κ3) is 4.62. The van der Waals surface area contributed by atoms with E-state index in [9.17, 15) is 4.79 Å². The zero-order valence-corrected chi connectivity index (χ0v) is 17.7. The number of rotatable bonds is 5. The molecule has 0 aliphatic heterocycles. The minimum Gasteiger partial charge on any atom is -0.267 e. The Hall–Kier alpha value is -2.93. The zero-order valence-electron chi connectivity index (χ0n) is 15.4. The maximum absolute atomic E-state index is 12.3. The first-order chi connectivity index (χ1) is 14.5. The third-order valence-electron chi connectivity index (χ3n) is 4.30. The summed E-state index contributed by atoms with van der Waals surface area (Å²) < 4.78 is 1.61. The molecule has 9 heteroatoms. The van der Waals surface area contributed by atoms with Crippen LogP contribution in [0.25, 0.3) is 10.9 Å². The Morgan fingerprint density at radius 1 is 1.10 bits per heavy atom. The minimum atomic E-state index is -0.447. The van der Waals surface area contributed by atoms with Crippen LogP contribution in [0.2, 0.25) is 15.2 Å². The number of nitrogens with one attached hydrogen (secondary N) is 1. The molecular formula is C21H14Cl3N5O. The number of carbonyl (C=O) groups excluding carboxylic acids is 1. The number of hydrogen-bond donors (Lipinski definition) is 1. The highest BCUT2D eigenvalue weighted by atomic mass is 35.5. The van der Waals surface area contributed by atoms with Gasteiger partial charge in [0.15, 0.2) is 5.69 Å². The molecule has 0 bridgehead atoms. The Labute approximate surface area is 187 Å². The van der Waals surface area contributed by atoms with Gasteiger partial charge in [0.2, 0.25) is 0 Å². The van der Waals surface area contributed by atoms with Gasteiger partial charge in [-0.15, -0.1) is 0 Å². The Kier molecular flexibility index (Phi) is 5.99. The summed E-state index contributed by atoms with van der Waals surface area (Å²) in [6, 6.07) is 16.3. The number of nitrogens with zero attached hydrogens (tertiary/aromatic N) is 4. The van der Waals surface area contributed by atoms with Crippen LogP contribution in [0.5, 0.6) is 0 Å². The first kappa shape index (κ1) is 20.3. The topological polar surface area (TPSA) is 72.2 Å². The van der Waals surface area contributed by atoms with Crippen molar-refractivity contribution in [3.63, 3.8) is 0 Å². The van der Waals surface area contributed by atoms with Gasteiger partial charge in [0.1, 0.15) is 5.15 Å². The fourth-order valence-electron chi connectivity index (χ4n) is 2.81. The Morgan fingerprint density at radius 2 is 1.93 bits per heavy atom. The van der Waals surface area contributed by atoms with Crippen LogP contribution in [-0.4, -0.2) is 26.9 Å². The van der Waals surface area contributed by atoms with E-state index in [-0.39, 0.29) is 5.69 Å². The van der Waals surface area contributed by atoms with E-state index in [1.54, 1.807) is 29.1 Å². The van der Waals surface area contributed by atoms with Gasteiger partial charge in [0.25, 0.3) is 5.91 Å². The SMILES string of the molecule is O=C(N/N=C/c1cc2ccccc2nc1Cl)c1ccn(Cc2ccc(Cl)cc2Cl)n1. The number of amides is 1. The first-order valence-electron chi connectivity index (χ1n) is 8.86. The second kappa shape index (κ2) is 8.83. The number of aromatic nitrogens is 3. The van der Waals surface area contributed by atoms with Crippen LogP contribution in [0.1, 0.15) is 21.6 Å². The molecule has 1 amide bonds. The van der Waals surface area contributed by atoms with Crippen molar-refractivity contribution in [2.24, 2.45) is 5.10 Å². The van der Waals surface area contributed by atoms with Crippen LogP contribution in [0.15, 0.2) is 65.9 Å². The molecule has 2 heterocycles. The number of halogens is 3. The van der Waals surface area contributed by atoms with E-state index in [4.69, 9.17) is 34.8 Å². The van der Waals surface area contributed by atoms with E-state index in [0.29, 0.717) is 27.3 Å². The molecule has 4 aromatic rings. The van der Waals surface area contributed by atoms with Gasteiger partial charge in [-0.2, -0.15) is 10.2 Å². The van der Waals surface area contributed by atoms with Crippen molar-refractivity contribution >= 4 is 57.8 Å². The van der Waals surface area contributed by atoms with Crippen LogP contribution in [0.3, 0.4) is 0 Å². The lowest BCUT2D eigenvalue weighted by molar-refractivity contribution is 0.0949. The molecule has 0 atom stereocenters. The summed E-state index contributed by atoms with van der Waals surface area (Å²) in [6.07, 6.45) is 3.14. The number of hydrazone groups is 1. The van der Waals surface area contributed by atoms with Crippen molar-refractivity contribution in [3.8, 4) is 0 Å².